The number of nitrogens with zero attached hydrogens (tertiary/aromatic N) is 2. The largest absolute Gasteiger partial charge is 0.385 e. The number of nitrogens with one attached hydrogen (secondary N) is 2. The number of H-pyrrole nitrogens is 1. The van der Waals surface area contributed by atoms with E-state index in [1.165, 1.54) is 11.4 Å². The molecule has 0 aliphatic carbocycles. The van der Waals surface area contributed by atoms with Gasteiger partial charge < -0.3 is 19.9 Å². The molecule has 0 spiro atoms. The van der Waals surface area contributed by atoms with Gasteiger partial charge in [-0.15, -0.1) is 0 Å². The third-order valence-electron chi connectivity index (χ3n) is 3.24. The standard InChI is InChI=1S/C12H22N4O/c1-16(4-3-5-17-2)8-10-6-11-12(7-13-10)15-9-14-11/h9-10,13H,3-8H2,1-2H3,(H,14,15). The monoisotopic (exact) mass is 238 g/mol. The van der Waals surface area contributed by atoms with E-state index >= 15 is 0 Å². The molecule has 1 unspecified atom stereocenters. The number of imidazole rings is 1. The SMILES string of the molecule is COCCCN(C)CC1Cc2nc[nH]c2CN1. The van der Waals surface area contributed by atoms with Crippen molar-refractivity contribution in [2.45, 2.75) is 25.4 Å². The van der Waals surface area contributed by atoms with E-state index in [1.807, 2.05) is 0 Å². The molecule has 1 aliphatic heterocycles. The molecule has 0 aromatic carbocycles. The molecule has 0 saturated carbocycles. The molecule has 0 saturated heterocycles. The number of fused-ring (bicyclic) bond motifs is 1. The van der Waals surface area contributed by atoms with Crippen LogP contribution in [0.1, 0.15) is 17.8 Å². The lowest BCUT2D eigenvalue weighted by atomic mass is 10.1. The van der Waals surface area contributed by atoms with Crippen molar-refractivity contribution in [3.8, 4) is 0 Å². The second kappa shape index (κ2) is 6.14. The number of hydrogen-bond donors (Lipinski definition) is 2. The Bertz CT molecular complexity index is 339. The van der Waals surface area contributed by atoms with E-state index in [-0.39, 0.29) is 0 Å². The highest BCUT2D eigenvalue weighted by Gasteiger charge is 2.20. The topological polar surface area (TPSA) is 53.2 Å². The predicted octanol–water partition coefficient (Wildman–Crippen LogP) is 0.392. The van der Waals surface area contributed by atoms with E-state index < -0.39 is 0 Å². The predicted molar refractivity (Wildman–Crippen MR) is 66.9 cm³/mol. The highest BCUT2D eigenvalue weighted by atomic mass is 16.5. The van der Waals surface area contributed by atoms with Crippen LogP contribution in [-0.4, -0.2) is 54.8 Å². The smallest absolute Gasteiger partial charge is 0.0925 e. The maximum atomic E-state index is 5.06. The van der Waals surface area contributed by atoms with E-state index in [2.05, 4.69) is 27.2 Å². The summed E-state index contributed by atoms with van der Waals surface area (Å²) < 4.78 is 5.06. The zero-order valence-corrected chi connectivity index (χ0v) is 10.7. The Morgan fingerprint density at radius 2 is 2.47 bits per heavy atom. The van der Waals surface area contributed by atoms with Crippen LogP contribution in [-0.2, 0) is 17.7 Å². The molecule has 1 aromatic heterocycles. The van der Waals surface area contributed by atoms with Crippen LogP contribution in [0, 0.1) is 0 Å². The van der Waals surface area contributed by atoms with Crippen molar-refractivity contribution >= 4 is 0 Å². The lowest BCUT2D eigenvalue weighted by molar-refractivity contribution is 0.175. The second-order valence-electron chi connectivity index (χ2n) is 4.72. The fraction of sp³-hybridized carbons (Fsp3) is 0.750. The van der Waals surface area contributed by atoms with Crippen LogP contribution in [0.2, 0.25) is 0 Å². The molecular formula is C12H22N4O. The summed E-state index contributed by atoms with van der Waals surface area (Å²) in [6.07, 6.45) is 3.90. The minimum Gasteiger partial charge on any atom is -0.385 e. The molecule has 5 nitrogen and oxygen atoms in total. The van der Waals surface area contributed by atoms with Gasteiger partial charge in [-0.05, 0) is 13.5 Å². The summed E-state index contributed by atoms with van der Waals surface area (Å²) in [4.78, 5) is 9.88. The fourth-order valence-electron chi connectivity index (χ4n) is 2.31. The first kappa shape index (κ1) is 12.5. The lowest BCUT2D eigenvalue weighted by Gasteiger charge is -2.27. The molecule has 0 radical (unpaired) electrons. The van der Waals surface area contributed by atoms with Crippen molar-refractivity contribution in [1.29, 1.82) is 0 Å². The molecule has 2 rings (SSSR count). The molecule has 1 atom stereocenters. The van der Waals surface area contributed by atoms with E-state index in [0.717, 1.165) is 39.1 Å². The summed E-state index contributed by atoms with van der Waals surface area (Å²) >= 11 is 0. The molecule has 0 amide bonds. The van der Waals surface area contributed by atoms with Crippen molar-refractivity contribution in [2.75, 3.05) is 33.9 Å². The summed E-state index contributed by atoms with van der Waals surface area (Å²) in [5, 5.41) is 3.54. The minimum atomic E-state index is 0.512. The Labute approximate surface area is 103 Å². The molecule has 1 aromatic rings. The first-order valence-corrected chi connectivity index (χ1v) is 6.21. The third kappa shape index (κ3) is 3.52. The summed E-state index contributed by atoms with van der Waals surface area (Å²) in [7, 11) is 3.92. The molecule has 5 heteroatoms. The highest BCUT2D eigenvalue weighted by molar-refractivity contribution is 5.15. The van der Waals surface area contributed by atoms with Gasteiger partial charge in [0.25, 0.3) is 0 Å². The number of methoxy groups -OCH3 is 1. The molecule has 2 N–H and O–H groups in total. The highest BCUT2D eigenvalue weighted by Crippen LogP contribution is 2.12. The molecule has 1 aliphatic rings. The van der Waals surface area contributed by atoms with Crippen LogP contribution in [0.4, 0.5) is 0 Å². The van der Waals surface area contributed by atoms with Crippen LogP contribution < -0.4 is 5.32 Å². The third-order valence-corrected chi connectivity index (χ3v) is 3.24. The maximum Gasteiger partial charge on any atom is 0.0925 e. The van der Waals surface area contributed by atoms with E-state index in [0.29, 0.717) is 6.04 Å². The van der Waals surface area contributed by atoms with Gasteiger partial charge in [-0.1, -0.05) is 0 Å². The Morgan fingerprint density at radius 1 is 1.59 bits per heavy atom. The molecule has 0 bridgehead atoms. The molecule has 17 heavy (non-hydrogen) atoms. The zero-order valence-electron chi connectivity index (χ0n) is 10.7. The molecular weight excluding hydrogens is 216 g/mol. The Morgan fingerprint density at radius 3 is 3.29 bits per heavy atom. The van der Waals surface area contributed by atoms with E-state index in [4.69, 9.17) is 4.74 Å². The summed E-state index contributed by atoms with van der Waals surface area (Å²) in [6, 6.07) is 0.512. The Hall–Kier alpha value is -0.910. The van der Waals surface area contributed by atoms with Gasteiger partial charge in [-0.3, -0.25) is 0 Å². The molecule has 2 heterocycles. The lowest BCUT2D eigenvalue weighted by Crippen LogP contribution is -2.43. The Kier molecular flexibility index (Phi) is 4.53. The van der Waals surface area contributed by atoms with Crippen molar-refractivity contribution < 1.29 is 4.74 Å². The average Bonchev–Trinajstić information content (AvgIpc) is 2.76. The quantitative estimate of drug-likeness (QED) is 0.704. The van der Waals surface area contributed by atoms with Crippen molar-refractivity contribution in [3.05, 3.63) is 17.7 Å². The van der Waals surface area contributed by atoms with E-state index in [1.54, 1.807) is 13.4 Å². The number of hydrogen-bond acceptors (Lipinski definition) is 4. The van der Waals surface area contributed by atoms with Gasteiger partial charge in [0, 0.05) is 45.8 Å². The van der Waals surface area contributed by atoms with Crippen LogP contribution >= 0.6 is 0 Å². The number of aromatic amines is 1. The minimum absolute atomic E-state index is 0.512. The van der Waals surface area contributed by atoms with Crippen LogP contribution in [0.3, 0.4) is 0 Å². The second-order valence-corrected chi connectivity index (χ2v) is 4.72. The zero-order chi connectivity index (χ0) is 12.1. The van der Waals surface area contributed by atoms with Crippen molar-refractivity contribution in [1.82, 2.24) is 20.2 Å². The average molecular weight is 238 g/mol. The normalized spacial score (nSPS) is 19.6. The van der Waals surface area contributed by atoms with Gasteiger partial charge >= 0.3 is 0 Å². The first-order valence-electron chi connectivity index (χ1n) is 6.21. The Balaban J connectivity index is 1.74. The summed E-state index contributed by atoms with van der Waals surface area (Å²) in [6.45, 7) is 3.90. The summed E-state index contributed by atoms with van der Waals surface area (Å²) in [5.41, 5.74) is 2.46. The van der Waals surface area contributed by atoms with Crippen LogP contribution in [0.25, 0.3) is 0 Å². The van der Waals surface area contributed by atoms with Crippen LogP contribution in [0.15, 0.2) is 6.33 Å². The number of likely N-dealkylation sites (N-methyl/N-ethyl adjacent to an activating group) is 1. The molecule has 96 valence electrons. The van der Waals surface area contributed by atoms with E-state index in [9.17, 15) is 0 Å². The van der Waals surface area contributed by atoms with Gasteiger partial charge in [0.05, 0.1) is 17.7 Å². The number of rotatable bonds is 6. The first-order chi connectivity index (χ1) is 8.29. The van der Waals surface area contributed by atoms with Crippen molar-refractivity contribution in [2.24, 2.45) is 0 Å². The fourth-order valence-corrected chi connectivity index (χ4v) is 2.31. The molecule has 0 fully saturated rings. The van der Waals surface area contributed by atoms with Gasteiger partial charge in [-0.2, -0.15) is 0 Å². The van der Waals surface area contributed by atoms with Gasteiger partial charge in [0.1, 0.15) is 0 Å². The number of aromatic nitrogens is 2. The van der Waals surface area contributed by atoms with Gasteiger partial charge in [0.15, 0.2) is 0 Å². The van der Waals surface area contributed by atoms with Gasteiger partial charge in [-0.25, -0.2) is 4.98 Å². The van der Waals surface area contributed by atoms with Crippen LogP contribution in [0.5, 0.6) is 0 Å². The summed E-state index contributed by atoms with van der Waals surface area (Å²) in [5.74, 6) is 0. The van der Waals surface area contributed by atoms with Gasteiger partial charge in [0.2, 0.25) is 0 Å². The maximum absolute atomic E-state index is 5.06. The number of ether oxygens (including phenoxy) is 1. The van der Waals surface area contributed by atoms with Crippen molar-refractivity contribution in [3.63, 3.8) is 0 Å².